The van der Waals surface area contributed by atoms with Crippen molar-refractivity contribution in [3.05, 3.63) is 18.5 Å². The summed E-state index contributed by atoms with van der Waals surface area (Å²) in [6.45, 7) is 9.33. The number of carbonyl (C=O) groups excluding carboxylic acids is 1. The van der Waals surface area contributed by atoms with Crippen LogP contribution in [0.3, 0.4) is 0 Å². The van der Waals surface area contributed by atoms with Gasteiger partial charge < -0.3 is 10.2 Å². The van der Waals surface area contributed by atoms with Crippen LogP contribution in [0.1, 0.15) is 20.8 Å². The summed E-state index contributed by atoms with van der Waals surface area (Å²) in [6.07, 6.45) is 3.51. The number of rotatable bonds is 4. The van der Waals surface area contributed by atoms with E-state index in [0.717, 1.165) is 32.1 Å². The fraction of sp³-hybridized carbons (Fsp3) is 0.643. The predicted octanol–water partition coefficient (Wildman–Crippen LogP) is 0.512. The van der Waals surface area contributed by atoms with Crippen molar-refractivity contribution in [1.82, 2.24) is 20.2 Å². The number of nitrogens with zero attached hydrogens (tertiary/aromatic N) is 4. The minimum absolute atomic E-state index is 0.0868. The van der Waals surface area contributed by atoms with E-state index in [0.29, 0.717) is 0 Å². The van der Waals surface area contributed by atoms with Crippen LogP contribution in [-0.4, -0.2) is 59.0 Å². The molecule has 1 aromatic rings. The molecule has 1 fully saturated rings. The SMILES string of the molecule is CC(C)NC(=O)C(C)N1CCN(c2ncccn2)CC1. The standard InChI is InChI=1S/C14H23N5O/c1-11(2)17-13(20)12(3)18-7-9-19(10-8-18)14-15-5-4-6-16-14/h4-6,11-12H,7-10H2,1-3H3,(H,17,20). The highest BCUT2D eigenvalue weighted by atomic mass is 16.2. The fourth-order valence-electron chi connectivity index (χ4n) is 2.33. The van der Waals surface area contributed by atoms with E-state index in [9.17, 15) is 4.79 Å². The van der Waals surface area contributed by atoms with E-state index < -0.39 is 0 Å². The van der Waals surface area contributed by atoms with Crippen LogP contribution < -0.4 is 10.2 Å². The average molecular weight is 277 g/mol. The molecule has 0 bridgehead atoms. The summed E-state index contributed by atoms with van der Waals surface area (Å²) in [7, 11) is 0. The van der Waals surface area contributed by atoms with Crippen LogP contribution in [0, 0.1) is 0 Å². The smallest absolute Gasteiger partial charge is 0.237 e. The summed E-state index contributed by atoms with van der Waals surface area (Å²) in [5.41, 5.74) is 0. The molecule has 1 atom stereocenters. The summed E-state index contributed by atoms with van der Waals surface area (Å²) in [5.74, 6) is 0.871. The zero-order valence-corrected chi connectivity index (χ0v) is 12.4. The first-order valence-corrected chi connectivity index (χ1v) is 7.14. The molecule has 110 valence electrons. The highest BCUT2D eigenvalue weighted by molar-refractivity contribution is 5.81. The third-order valence-electron chi connectivity index (χ3n) is 3.51. The quantitative estimate of drug-likeness (QED) is 0.869. The van der Waals surface area contributed by atoms with Gasteiger partial charge in [-0.15, -0.1) is 0 Å². The minimum atomic E-state index is -0.0868. The second kappa shape index (κ2) is 6.65. The third kappa shape index (κ3) is 3.66. The Kier molecular flexibility index (Phi) is 4.89. The lowest BCUT2D eigenvalue weighted by molar-refractivity contribution is -0.126. The van der Waals surface area contributed by atoms with Gasteiger partial charge in [-0.3, -0.25) is 9.69 Å². The molecule has 6 heteroatoms. The first kappa shape index (κ1) is 14.7. The summed E-state index contributed by atoms with van der Waals surface area (Å²) in [5, 5.41) is 2.96. The van der Waals surface area contributed by atoms with Gasteiger partial charge in [-0.1, -0.05) is 0 Å². The topological polar surface area (TPSA) is 61.4 Å². The zero-order valence-electron chi connectivity index (χ0n) is 12.4. The maximum atomic E-state index is 12.0. The number of aromatic nitrogens is 2. The monoisotopic (exact) mass is 277 g/mol. The largest absolute Gasteiger partial charge is 0.353 e. The first-order valence-electron chi connectivity index (χ1n) is 7.14. The maximum absolute atomic E-state index is 12.0. The molecule has 1 aromatic heterocycles. The molecule has 0 saturated carbocycles. The molecule has 1 aliphatic rings. The number of nitrogens with one attached hydrogen (secondary N) is 1. The molecule has 1 aliphatic heterocycles. The zero-order chi connectivity index (χ0) is 14.5. The molecule has 0 aromatic carbocycles. The van der Waals surface area contributed by atoms with Crippen LogP contribution in [0.2, 0.25) is 0 Å². The Morgan fingerprint density at radius 1 is 1.15 bits per heavy atom. The number of amides is 1. The highest BCUT2D eigenvalue weighted by Gasteiger charge is 2.26. The number of piperazine rings is 1. The molecule has 0 aliphatic carbocycles. The van der Waals surface area contributed by atoms with Crippen molar-refractivity contribution in [2.75, 3.05) is 31.1 Å². The van der Waals surface area contributed by atoms with Gasteiger partial charge in [-0.05, 0) is 26.8 Å². The fourth-order valence-corrected chi connectivity index (χ4v) is 2.33. The summed E-state index contributed by atoms with van der Waals surface area (Å²) < 4.78 is 0. The van der Waals surface area contributed by atoms with E-state index in [1.165, 1.54) is 0 Å². The van der Waals surface area contributed by atoms with Crippen LogP contribution >= 0.6 is 0 Å². The lowest BCUT2D eigenvalue weighted by Gasteiger charge is -2.37. The minimum Gasteiger partial charge on any atom is -0.353 e. The predicted molar refractivity (Wildman–Crippen MR) is 78.6 cm³/mol. The second-order valence-corrected chi connectivity index (χ2v) is 5.41. The van der Waals surface area contributed by atoms with E-state index in [4.69, 9.17) is 0 Å². The lowest BCUT2D eigenvalue weighted by atomic mass is 10.2. The molecule has 1 N–H and O–H groups in total. The molecule has 2 heterocycles. The van der Waals surface area contributed by atoms with Crippen molar-refractivity contribution < 1.29 is 4.79 Å². The number of anilines is 1. The Balaban J connectivity index is 1.86. The van der Waals surface area contributed by atoms with Gasteiger partial charge in [0, 0.05) is 44.6 Å². The molecule has 1 saturated heterocycles. The van der Waals surface area contributed by atoms with Crippen molar-refractivity contribution in [2.45, 2.75) is 32.9 Å². The van der Waals surface area contributed by atoms with E-state index >= 15 is 0 Å². The molecule has 20 heavy (non-hydrogen) atoms. The Morgan fingerprint density at radius 2 is 1.75 bits per heavy atom. The van der Waals surface area contributed by atoms with Gasteiger partial charge in [-0.25, -0.2) is 9.97 Å². The number of carbonyl (C=O) groups is 1. The Labute approximate surface area is 120 Å². The average Bonchev–Trinajstić information content (AvgIpc) is 2.47. The van der Waals surface area contributed by atoms with Crippen molar-refractivity contribution >= 4 is 11.9 Å². The van der Waals surface area contributed by atoms with Crippen molar-refractivity contribution in [2.24, 2.45) is 0 Å². The van der Waals surface area contributed by atoms with E-state index in [1.54, 1.807) is 12.4 Å². The molecular weight excluding hydrogens is 254 g/mol. The van der Waals surface area contributed by atoms with Gasteiger partial charge in [0.1, 0.15) is 0 Å². The number of hydrogen-bond donors (Lipinski definition) is 1. The Bertz CT molecular complexity index is 428. The van der Waals surface area contributed by atoms with Crippen LogP contribution in [0.5, 0.6) is 0 Å². The summed E-state index contributed by atoms with van der Waals surface area (Å²) in [6, 6.07) is 1.91. The molecule has 0 radical (unpaired) electrons. The highest BCUT2D eigenvalue weighted by Crippen LogP contribution is 2.11. The lowest BCUT2D eigenvalue weighted by Crippen LogP contribution is -2.54. The summed E-state index contributed by atoms with van der Waals surface area (Å²) in [4.78, 5) is 24.9. The second-order valence-electron chi connectivity index (χ2n) is 5.41. The molecule has 1 amide bonds. The van der Waals surface area contributed by atoms with Crippen LogP contribution in [0.4, 0.5) is 5.95 Å². The van der Waals surface area contributed by atoms with E-state index in [2.05, 4.69) is 25.1 Å². The molecule has 6 nitrogen and oxygen atoms in total. The van der Waals surface area contributed by atoms with Crippen LogP contribution in [-0.2, 0) is 4.79 Å². The van der Waals surface area contributed by atoms with E-state index in [-0.39, 0.29) is 18.0 Å². The first-order chi connectivity index (χ1) is 9.58. The van der Waals surface area contributed by atoms with Gasteiger partial charge in [0.2, 0.25) is 11.9 Å². The van der Waals surface area contributed by atoms with Gasteiger partial charge in [0.05, 0.1) is 6.04 Å². The Morgan fingerprint density at radius 3 is 2.30 bits per heavy atom. The van der Waals surface area contributed by atoms with Crippen LogP contribution in [0.15, 0.2) is 18.5 Å². The maximum Gasteiger partial charge on any atom is 0.237 e. The molecular formula is C14H23N5O. The van der Waals surface area contributed by atoms with Crippen molar-refractivity contribution in [3.8, 4) is 0 Å². The van der Waals surface area contributed by atoms with Crippen molar-refractivity contribution in [1.29, 1.82) is 0 Å². The van der Waals surface area contributed by atoms with E-state index in [1.807, 2.05) is 26.8 Å². The van der Waals surface area contributed by atoms with Gasteiger partial charge in [0.25, 0.3) is 0 Å². The van der Waals surface area contributed by atoms with Crippen molar-refractivity contribution in [3.63, 3.8) is 0 Å². The summed E-state index contributed by atoms with van der Waals surface area (Å²) >= 11 is 0. The molecule has 2 rings (SSSR count). The third-order valence-corrected chi connectivity index (χ3v) is 3.51. The van der Waals surface area contributed by atoms with Crippen LogP contribution in [0.25, 0.3) is 0 Å². The molecule has 1 unspecified atom stereocenters. The van der Waals surface area contributed by atoms with Gasteiger partial charge in [-0.2, -0.15) is 0 Å². The van der Waals surface area contributed by atoms with Gasteiger partial charge >= 0.3 is 0 Å². The number of hydrogen-bond acceptors (Lipinski definition) is 5. The molecule has 0 spiro atoms. The van der Waals surface area contributed by atoms with Gasteiger partial charge in [0.15, 0.2) is 0 Å². The normalized spacial score (nSPS) is 18.1. The Hall–Kier alpha value is -1.69.